The van der Waals surface area contributed by atoms with Gasteiger partial charge in [0, 0.05) is 39.5 Å². The van der Waals surface area contributed by atoms with Gasteiger partial charge in [-0.3, -0.25) is 9.59 Å². The number of aliphatic carboxylic acids is 2. The molecule has 0 saturated carbocycles. The molecule has 4 N–H and O–H groups in total. The summed E-state index contributed by atoms with van der Waals surface area (Å²) in [6.45, 7) is 0.449. The number of rotatable bonds is 8. The molecule has 0 fully saturated rings. The van der Waals surface area contributed by atoms with Crippen molar-refractivity contribution >= 4 is 39.7 Å². The summed E-state index contributed by atoms with van der Waals surface area (Å²) in [4.78, 5) is 34.9. The Morgan fingerprint density at radius 1 is 0.944 bits per heavy atom. The van der Waals surface area contributed by atoms with Crippen LogP contribution in [0.15, 0.2) is 66.7 Å². The van der Waals surface area contributed by atoms with Crippen molar-refractivity contribution in [1.82, 2.24) is 30.5 Å². The summed E-state index contributed by atoms with van der Waals surface area (Å²) in [6.07, 6.45) is -0.714. The SMILES string of the molecule is O=C(O)C[C@H](NC(=O)c1cccc(Cn2c3ccccc3c3cc(-c4nn[nH]n4)ccc32)c1)C(=O)O. The van der Waals surface area contributed by atoms with Crippen LogP contribution in [0.1, 0.15) is 22.3 Å². The van der Waals surface area contributed by atoms with Crippen molar-refractivity contribution in [3.05, 3.63) is 77.9 Å². The summed E-state index contributed by atoms with van der Waals surface area (Å²) in [5.74, 6) is -2.88. The number of fused-ring (bicyclic) bond motifs is 3. The third-order valence-electron chi connectivity index (χ3n) is 5.89. The Kier molecular flexibility index (Phi) is 5.87. The van der Waals surface area contributed by atoms with Crippen molar-refractivity contribution in [1.29, 1.82) is 0 Å². The Balaban J connectivity index is 1.49. The molecule has 11 heteroatoms. The molecule has 5 aromatic rings. The number of carbonyl (C=O) groups is 3. The summed E-state index contributed by atoms with van der Waals surface area (Å²) in [5.41, 5.74) is 3.86. The Bertz CT molecular complexity index is 1610. The average Bonchev–Trinajstić information content (AvgIpc) is 3.51. The highest BCUT2D eigenvalue weighted by molar-refractivity contribution is 6.09. The molecule has 0 unspecified atom stereocenters. The number of para-hydroxylation sites is 1. The molecule has 0 saturated heterocycles. The first-order valence-electron chi connectivity index (χ1n) is 11.0. The van der Waals surface area contributed by atoms with E-state index in [1.54, 1.807) is 18.2 Å². The lowest BCUT2D eigenvalue weighted by Crippen LogP contribution is -2.42. The zero-order valence-electron chi connectivity index (χ0n) is 18.8. The molecule has 180 valence electrons. The molecule has 11 nitrogen and oxygen atoms in total. The number of aromatic nitrogens is 5. The normalized spacial score (nSPS) is 12.0. The molecule has 0 radical (unpaired) electrons. The van der Waals surface area contributed by atoms with Crippen LogP contribution in [0.4, 0.5) is 0 Å². The Labute approximate surface area is 203 Å². The summed E-state index contributed by atoms with van der Waals surface area (Å²) in [6, 6.07) is 19.2. The summed E-state index contributed by atoms with van der Waals surface area (Å²) in [5, 5.41) is 36.7. The molecule has 0 aliphatic carbocycles. The Hall–Kier alpha value is -5.06. The van der Waals surface area contributed by atoms with Gasteiger partial charge in [0.05, 0.1) is 6.42 Å². The number of hydrogen-bond acceptors (Lipinski definition) is 6. The Morgan fingerprint density at radius 2 is 1.75 bits per heavy atom. The lowest BCUT2D eigenvalue weighted by molar-refractivity contribution is -0.145. The van der Waals surface area contributed by atoms with E-state index in [-0.39, 0.29) is 5.56 Å². The number of carboxylic acid groups (broad SMARTS) is 2. The third kappa shape index (κ3) is 4.37. The summed E-state index contributed by atoms with van der Waals surface area (Å²) < 4.78 is 2.13. The molecule has 0 spiro atoms. The first kappa shape index (κ1) is 22.7. The first-order valence-corrected chi connectivity index (χ1v) is 11.0. The minimum atomic E-state index is -1.52. The number of aromatic amines is 1. The standard InChI is InChI=1S/C25H20N6O5/c32-22(33)12-19(25(35)36)26-24(34)16-5-3-4-14(10-16)13-31-20-7-2-1-6-17(20)18-11-15(8-9-21(18)31)23-27-29-30-28-23/h1-11,19H,12-13H2,(H,26,34)(H,32,33)(H,35,36)(H,27,28,29,30)/t19-/m0/s1. The number of benzene rings is 3. The lowest BCUT2D eigenvalue weighted by atomic mass is 10.1. The monoisotopic (exact) mass is 484 g/mol. The van der Waals surface area contributed by atoms with Gasteiger partial charge in [-0.15, -0.1) is 10.2 Å². The summed E-state index contributed by atoms with van der Waals surface area (Å²) >= 11 is 0. The van der Waals surface area contributed by atoms with E-state index in [0.29, 0.717) is 12.4 Å². The predicted molar refractivity (Wildman–Crippen MR) is 129 cm³/mol. The fourth-order valence-corrected chi connectivity index (χ4v) is 4.26. The number of amides is 1. The van der Waals surface area contributed by atoms with E-state index in [1.165, 1.54) is 0 Å². The zero-order valence-corrected chi connectivity index (χ0v) is 18.8. The van der Waals surface area contributed by atoms with E-state index in [2.05, 4.69) is 30.5 Å². The second-order valence-electron chi connectivity index (χ2n) is 8.23. The van der Waals surface area contributed by atoms with Crippen LogP contribution < -0.4 is 5.32 Å². The second-order valence-corrected chi connectivity index (χ2v) is 8.23. The maximum atomic E-state index is 12.7. The number of carbonyl (C=O) groups excluding carboxylic acids is 1. The van der Waals surface area contributed by atoms with Gasteiger partial charge < -0.3 is 20.1 Å². The number of carboxylic acids is 2. The number of H-pyrrole nitrogens is 1. The highest BCUT2D eigenvalue weighted by atomic mass is 16.4. The highest BCUT2D eigenvalue weighted by Crippen LogP contribution is 2.32. The smallest absolute Gasteiger partial charge is 0.326 e. The topological polar surface area (TPSA) is 163 Å². The fourth-order valence-electron chi connectivity index (χ4n) is 4.26. The zero-order chi connectivity index (χ0) is 25.2. The van der Waals surface area contributed by atoms with Crippen LogP contribution in [-0.4, -0.2) is 59.3 Å². The van der Waals surface area contributed by atoms with Gasteiger partial charge >= 0.3 is 11.9 Å². The van der Waals surface area contributed by atoms with Gasteiger partial charge in [-0.2, -0.15) is 5.21 Å². The van der Waals surface area contributed by atoms with Crippen LogP contribution in [-0.2, 0) is 16.1 Å². The van der Waals surface area contributed by atoms with Crippen LogP contribution in [0.3, 0.4) is 0 Å². The number of nitrogens with zero attached hydrogens (tertiary/aromatic N) is 4. The van der Waals surface area contributed by atoms with Crippen molar-refractivity contribution in [2.75, 3.05) is 0 Å². The quantitative estimate of drug-likeness (QED) is 0.261. The number of nitrogens with one attached hydrogen (secondary N) is 2. The van der Waals surface area contributed by atoms with Gasteiger partial charge in [-0.1, -0.05) is 30.3 Å². The van der Waals surface area contributed by atoms with E-state index in [1.807, 2.05) is 48.5 Å². The molecule has 1 atom stereocenters. The first-order chi connectivity index (χ1) is 17.4. The van der Waals surface area contributed by atoms with Gasteiger partial charge in [0.1, 0.15) is 6.04 Å². The van der Waals surface area contributed by atoms with Gasteiger partial charge in [0.25, 0.3) is 5.91 Å². The van der Waals surface area contributed by atoms with Crippen LogP contribution in [0.25, 0.3) is 33.2 Å². The maximum Gasteiger partial charge on any atom is 0.326 e. The van der Waals surface area contributed by atoms with Gasteiger partial charge in [0.15, 0.2) is 0 Å². The molecule has 1 amide bonds. The van der Waals surface area contributed by atoms with E-state index in [0.717, 1.165) is 32.9 Å². The minimum Gasteiger partial charge on any atom is -0.481 e. The van der Waals surface area contributed by atoms with E-state index < -0.39 is 30.3 Å². The molecule has 3 aromatic carbocycles. The van der Waals surface area contributed by atoms with Crippen molar-refractivity contribution in [3.63, 3.8) is 0 Å². The third-order valence-corrected chi connectivity index (χ3v) is 5.89. The molecule has 2 aromatic heterocycles. The fraction of sp³-hybridized carbons (Fsp3) is 0.120. The maximum absolute atomic E-state index is 12.7. The van der Waals surface area contributed by atoms with Crippen molar-refractivity contribution < 1.29 is 24.6 Å². The molecular formula is C25H20N6O5. The Morgan fingerprint density at radius 3 is 2.50 bits per heavy atom. The predicted octanol–water partition coefficient (Wildman–Crippen LogP) is 2.68. The van der Waals surface area contributed by atoms with Crippen molar-refractivity contribution in [2.24, 2.45) is 0 Å². The molecule has 0 bridgehead atoms. The average molecular weight is 484 g/mol. The molecule has 2 heterocycles. The van der Waals surface area contributed by atoms with E-state index in [9.17, 15) is 19.5 Å². The summed E-state index contributed by atoms with van der Waals surface area (Å²) in [7, 11) is 0. The van der Waals surface area contributed by atoms with Crippen LogP contribution in [0.2, 0.25) is 0 Å². The molecule has 0 aliphatic rings. The molecule has 0 aliphatic heterocycles. The van der Waals surface area contributed by atoms with Crippen LogP contribution in [0.5, 0.6) is 0 Å². The van der Waals surface area contributed by atoms with Crippen molar-refractivity contribution in [2.45, 2.75) is 19.0 Å². The van der Waals surface area contributed by atoms with Gasteiger partial charge in [-0.05, 0) is 47.2 Å². The van der Waals surface area contributed by atoms with Gasteiger partial charge in [0.2, 0.25) is 5.82 Å². The van der Waals surface area contributed by atoms with Gasteiger partial charge in [-0.25, -0.2) is 4.79 Å². The largest absolute Gasteiger partial charge is 0.481 e. The number of tetrazole rings is 1. The van der Waals surface area contributed by atoms with Crippen LogP contribution >= 0.6 is 0 Å². The number of hydrogen-bond donors (Lipinski definition) is 4. The van der Waals surface area contributed by atoms with Crippen LogP contribution in [0, 0.1) is 0 Å². The van der Waals surface area contributed by atoms with E-state index in [4.69, 9.17) is 5.11 Å². The van der Waals surface area contributed by atoms with Crippen molar-refractivity contribution in [3.8, 4) is 11.4 Å². The molecule has 5 rings (SSSR count). The molecular weight excluding hydrogens is 464 g/mol. The minimum absolute atomic E-state index is 0.240. The molecule has 36 heavy (non-hydrogen) atoms. The highest BCUT2D eigenvalue weighted by Gasteiger charge is 2.23. The van der Waals surface area contributed by atoms with E-state index >= 15 is 0 Å². The lowest BCUT2D eigenvalue weighted by Gasteiger charge is -2.13. The second kappa shape index (κ2) is 9.29.